The van der Waals surface area contributed by atoms with E-state index in [4.69, 9.17) is 27.9 Å². The van der Waals surface area contributed by atoms with Crippen LogP contribution in [0.4, 0.5) is 24.8 Å². The van der Waals surface area contributed by atoms with Gasteiger partial charge in [-0.25, -0.2) is 9.78 Å². The van der Waals surface area contributed by atoms with Crippen molar-refractivity contribution in [1.82, 2.24) is 9.55 Å². The minimum Gasteiger partial charge on any atom is -0.465 e. The van der Waals surface area contributed by atoms with Gasteiger partial charge in [0.1, 0.15) is 5.75 Å². The van der Waals surface area contributed by atoms with Crippen LogP contribution in [0.2, 0.25) is 10.0 Å². The van der Waals surface area contributed by atoms with Crippen molar-refractivity contribution in [3.63, 3.8) is 0 Å². The lowest BCUT2D eigenvalue weighted by atomic mass is 10.1. The molecule has 176 valence electrons. The summed E-state index contributed by atoms with van der Waals surface area (Å²) in [6.45, 7) is 0.316. The third-order valence-corrected chi connectivity index (χ3v) is 5.55. The van der Waals surface area contributed by atoms with E-state index in [0.29, 0.717) is 44.8 Å². The van der Waals surface area contributed by atoms with E-state index in [9.17, 15) is 18.0 Å². The molecular formula is C23H16Cl2F3N3O3. The zero-order valence-electron chi connectivity index (χ0n) is 17.5. The summed E-state index contributed by atoms with van der Waals surface area (Å²) in [5.74, 6) is -0.483. The third kappa shape index (κ3) is 5.37. The van der Waals surface area contributed by atoms with Gasteiger partial charge < -0.3 is 19.4 Å². The molecule has 0 bridgehead atoms. The number of esters is 1. The molecular weight excluding hydrogens is 494 g/mol. The van der Waals surface area contributed by atoms with E-state index in [-0.39, 0.29) is 5.75 Å². The van der Waals surface area contributed by atoms with Gasteiger partial charge in [0, 0.05) is 11.8 Å². The second kappa shape index (κ2) is 9.44. The van der Waals surface area contributed by atoms with Crippen LogP contribution in [-0.2, 0) is 11.3 Å². The van der Waals surface area contributed by atoms with E-state index in [1.54, 1.807) is 47.0 Å². The highest BCUT2D eigenvalue weighted by molar-refractivity contribution is 6.42. The zero-order valence-corrected chi connectivity index (χ0v) is 19.0. The van der Waals surface area contributed by atoms with Gasteiger partial charge in [-0.3, -0.25) is 0 Å². The normalized spacial score (nSPS) is 11.5. The van der Waals surface area contributed by atoms with Gasteiger partial charge in [-0.15, -0.1) is 13.2 Å². The van der Waals surface area contributed by atoms with Gasteiger partial charge in [0.05, 0.1) is 40.3 Å². The second-order valence-electron chi connectivity index (χ2n) is 7.17. The Bertz CT molecular complexity index is 1360. The van der Waals surface area contributed by atoms with Gasteiger partial charge in [0.25, 0.3) is 0 Å². The maximum absolute atomic E-state index is 12.6. The quantitative estimate of drug-likeness (QED) is 0.289. The van der Waals surface area contributed by atoms with Gasteiger partial charge >= 0.3 is 12.3 Å². The molecule has 0 spiro atoms. The molecule has 0 amide bonds. The summed E-state index contributed by atoms with van der Waals surface area (Å²) in [5.41, 5.74) is 2.74. The first-order chi connectivity index (χ1) is 16.1. The fourth-order valence-electron chi connectivity index (χ4n) is 3.32. The summed E-state index contributed by atoms with van der Waals surface area (Å²) < 4.78 is 48.3. The number of hydrogen-bond donors (Lipinski definition) is 1. The monoisotopic (exact) mass is 509 g/mol. The number of aromatic nitrogens is 2. The molecule has 0 fully saturated rings. The first kappa shape index (κ1) is 23.7. The number of ether oxygens (including phenoxy) is 2. The van der Waals surface area contributed by atoms with Gasteiger partial charge in [0.15, 0.2) is 0 Å². The highest BCUT2D eigenvalue weighted by Gasteiger charge is 2.31. The number of halogens is 5. The van der Waals surface area contributed by atoms with Crippen LogP contribution in [0.3, 0.4) is 0 Å². The molecule has 11 heteroatoms. The minimum atomic E-state index is -4.81. The SMILES string of the molecule is COC(=O)c1ccc(Cn2c(Nc3cccc(OC(F)(F)F)c3)nc3cc(Cl)c(Cl)cc32)cc1. The Hall–Kier alpha value is -3.43. The number of alkyl halides is 3. The largest absolute Gasteiger partial charge is 0.573 e. The zero-order chi connectivity index (χ0) is 24.5. The summed E-state index contributed by atoms with van der Waals surface area (Å²) in [5, 5.41) is 3.67. The van der Waals surface area contributed by atoms with Crippen molar-refractivity contribution in [2.24, 2.45) is 0 Å². The van der Waals surface area contributed by atoms with E-state index in [1.165, 1.54) is 25.3 Å². The number of imidazole rings is 1. The van der Waals surface area contributed by atoms with E-state index < -0.39 is 12.3 Å². The molecule has 1 N–H and O–H groups in total. The van der Waals surface area contributed by atoms with E-state index in [0.717, 1.165) is 5.56 Å². The van der Waals surface area contributed by atoms with Crippen LogP contribution < -0.4 is 10.1 Å². The molecule has 0 unspecified atom stereocenters. The molecule has 3 aromatic carbocycles. The van der Waals surface area contributed by atoms with Crippen molar-refractivity contribution in [2.75, 3.05) is 12.4 Å². The summed E-state index contributed by atoms with van der Waals surface area (Å²) in [6, 6.07) is 15.5. The van der Waals surface area contributed by atoms with Crippen molar-refractivity contribution in [3.05, 3.63) is 81.8 Å². The molecule has 0 radical (unpaired) electrons. The van der Waals surface area contributed by atoms with Crippen molar-refractivity contribution in [3.8, 4) is 5.75 Å². The average molecular weight is 510 g/mol. The lowest BCUT2D eigenvalue weighted by Crippen LogP contribution is -2.17. The van der Waals surface area contributed by atoms with Crippen LogP contribution in [-0.4, -0.2) is 29.0 Å². The van der Waals surface area contributed by atoms with Crippen LogP contribution in [0.25, 0.3) is 11.0 Å². The van der Waals surface area contributed by atoms with Gasteiger partial charge in [-0.05, 0) is 42.0 Å². The number of nitrogens with zero attached hydrogens (tertiary/aromatic N) is 2. The van der Waals surface area contributed by atoms with Crippen LogP contribution in [0, 0.1) is 0 Å². The molecule has 4 aromatic rings. The van der Waals surface area contributed by atoms with Crippen LogP contribution >= 0.6 is 23.2 Å². The highest BCUT2D eigenvalue weighted by atomic mass is 35.5. The number of benzene rings is 3. The first-order valence-electron chi connectivity index (χ1n) is 9.78. The predicted octanol–water partition coefficient (Wildman–Crippen LogP) is 6.82. The van der Waals surface area contributed by atoms with Gasteiger partial charge in [-0.2, -0.15) is 0 Å². The molecule has 0 aliphatic carbocycles. The number of nitrogens with one attached hydrogen (secondary N) is 1. The molecule has 0 saturated carbocycles. The average Bonchev–Trinajstić information content (AvgIpc) is 3.08. The minimum absolute atomic E-state index is 0.313. The number of hydrogen-bond acceptors (Lipinski definition) is 5. The molecule has 1 aromatic heterocycles. The van der Waals surface area contributed by atoms with E-state index in [1.807, 2.05) is 0 Å². The van der Waals surface area contributed by atoms with Crippen LogP contribution in [0.5, 0.6) is 5.75 Å². The van der Waals surface area contributed by atoms with Crippen molar-refractivity contribution in [2.45, 2.75) is 12.9 Å². The lowest BCUT2D eigenvalue weighted by molar-refractivity contribution is -0.274. The Morgan fingerprint density at radius 1 is 1.06 bits per heavy atom. The predicted molar refractivity (Wildman–Crippen MR) is 123 cm³/mol. The smallest absolute Gasteiger partial charge is 0.465 e. The number of carbonyl (C=O) groups is 1. The number of rotatable bonds is 6. The maximum atomic E-state index is 12.6. The first-order valence-corrected chi connectivity index (χ1v) is 10.5. The van der Waals surface area contributed by atoms with Crippen molar-refractivity contribution < 1.29 is 27.4 Å². The standard InChI is InChI=1S/C23H16Cl2F3N3O3/c1-33-21(32)14-7-5-13(6-8-14)12-31-20-11-18(25)17(24)10-19(20)30-22(31)29-15-3-2-4-16(9-15)34-23(26,27)28/h2-11H,12H2,1H3,(H,29,30). The molecule has 4 rings (SSSR count). The van der Waals surface area contributed by atoms with E-state index >= 15 is 0 Å². The number of fused-ring (bicyclic) bond motifs is 1. The van der Waals surface area contributed by atoms with Gasteiger partial charge in [0.2, 0.25) is 5.95 Å². The number of anilines is 2. The molecule has 6 nitrogen and oxygen atoms in total. The Kier molecular flexibility index (Phi) is 6.58. The van der Waals surface area contributed by atoms with Crippen LogP contribution in [0.1, 0.15) is 15.9 Å². The Labute approximate surface area is 201 Å². The Morgan fingerprint density at radius 3 is 2.44 bits per heavy atom. The number of carbonyl (C=O) groups excluding carboxylic acids is 1. The molecule has 1 heterocycles. The fourth-order valence-corrected chi connectivity index (χ4v) is 3.64. The molecule has 0 aliphatic rings. The topological polar surface area (TPSA) is 65.4 Å². The Balaban J connectivity index is 1.71. The molecule has 0 saturated heterocycles. The summed E-state index contributed by atoms with van der Waals surface area (Å²) in [6.07, 6.45) is -4.81. The van der Waals surface area contributed by atoms with Crippen molar-refractivity contribution in [1.29, 1.82) is 0 Å². The lowest BCUT2D eigenvalue weighted by Gasteiger charge is -2.13. The second-order valence-corrected chi connectivity index (χ2v) is 7.98. The van der Waals surface area contributed by atoms with Crippen LogP contribution in [0.15, 0.2) is 60.7 Å². The summed E-state index contributed by atoms with van der Waals surface area (Å²) in [4.78, 5) is 16.2. The summed E-state index contributed by atoms with van der Waals surface area (Å²) in [7, 11) is 1.30. The van der Waals surface area contributed by atoms with Gasteiger partial charge in [-0.1, -0.05) is 41.4 Å². The maximum Gasteiger partial charge on any atom is 0.573 e. The Morgan fingerprint density at radius 2 is 1.76 bits per heavy atom. The third-order valence-electron chi connectivity index (χ3n) is 4.83. The van der Waals surface area contributed by atoms with Crippen molar-refractivity contribution >= 4 is 51.8 Å². The summed E-state index contributed by atoms with van der Waals surface area (Å²) >= 11 is 12.4. The highest BCUT2D eigenvalue weighted by Crippen LogP contribution is 2.32. The fraction of sp³-hybridized carbons (Fsp3) is 0.130. The van der Waals surface area contributed by atoms with E-state index in [2.05, 4.69) is 15.0 Å². The molecule has 0 atom stereocenters. The number of methoxy groups -OCH3 is 1. The molecule has 0 aliphatic heterocycles. The molecule has 34 heavy (non-hydrogen) atoms.